The zero-order valence-electron chi connectivity index (χ0n) is 16.8. The number of carbonyl (C=O) groups excluding carboxylic acids is 2. The number of aliphatic hydroxyl groups excluding tert-OH is 1. The van der Waals surface area contributed by atoms with E-state index in [1.54, 1.807) is 31.2 Å². The molecule has 0 saturated heterocycles. The molecule has 1 aromatic rings. The number of imide groups is 1. The van der Waals surface area contributed by atoms with Crippen molar-refractivity contribution in [1.82, 2.24) is 9.80 Å². The Labute approximate surface area is 166 Å². The lowest BCUT2D eigenvalue weighted by atomic mass is 9.95. The summed E-state index contributed by atoms with van der Waals surface area (Å²) in [4.78, 5) is 29.9. The van der Waals surface area contributed by atoms with Crippen molar-refractivity contribution in [1.29, 1.82) is 0 Å². The number of likely N-dealkylation sites (N-methyl/N-ethyl adjacent to an activating group) is 1. The minimum absolute atomic E-state index is 0.0476. The average Bonchev–Trinajstić information content (AvgIpc) is 2.93. The minimum atomic E-state index is -0.239. The van der Waals surface area contributed by atoms with E-state index in [-0.39, 0.29) is 24.5 Å². The van der Waals surface area contributed by atoms with E-state index in [0.717, 1.165) is 38.5 Å². The number of hydrogen-bond acceptors (Lipinski definition) is 5. The molecule has 0 bridgehead atoms. The molecule has 1 saturated carbocycles. The highest BCUT2D eigenvalue weighted by Gasteiger charge is 2.43. The Morgan fingerprint density at radius 1 is 1.04 bits per heavy atom. The summed E-state index contributed by atoms with van der Waals surface area (Å²) in [5.41, 5.74) is 1.50. The first-order chi connectivity index (χ1) is 13.6. The molecule has 152 valence electrons. The molecule has 0 radical (unpaired) electrons. The van der Waals surface area contributed by atoms with Gasteiger partial charge in [-0.3, -0.25) is 14.5 Å². The first-order valence-electron chi connectivity index (χ1n) is 10.2. The number of carbonyl (C=O) groups is 2. The van der Waals surface area contributed by atoms with Gasteiger partial charge in [-0.05, 0) is 30.5 Å². The molecular formula is C22H30N2O4. The Kier molecular flexibility index (Phi) is 6.73. The largest absolute Gasteiger partial charge is 0.497 e. The van der Waals surface area contributed by atoms with Gasteiger partial charge >= 0.3 is 0 Å². The predicted octanol–water partition coefficient (Wildman–Crippen LogP) is 2.81. The van der Waals surface area contributed by atoms with Crippen LogP contribution in [0.4, 0.5) is 0 Å². The van der Waals surface area contributed by atoms with Crippen LogP contribution in [0.25, 0.3) is 5.57 Å². The third kappa shape index (κ3) is 4.07. The molecule has 1 N–H and O–H groups in total. The highest BCUT2D eigenvalue weighted by atomic mass is 16.5. The van der Waals surface area contributed by atoms with Gasteiger partial charge in [0.15, 0.2) is 0 Å². The number of amides is 2. The SMILES string of the molecule is COc1ccc(C2=C(N(C)CCO)C(=O)N(C3CCCCCCC3)C2=O)cc1. The van der Waals surface area contributed by atoms with Crippen molar-refractivity contribution in [2.75, 3.05) is 27.3 Å². The summed E-state index contributed by atoms with van der Waals surface area (Å²) < 4.78 is 5.21. The van der Waals surface area contributed by atoms with Gasteiger partial charge in [0, 0.05) is 19.6 Å². The van der Waals surface area contributed by atoms with Gasteiger partial charge < -0.3 is 14.7 Å². The second-order valence-corrected chi connectivity index (χ2v) is 7.58. The van der Waals surface area contributed by atoms with Crippen LogP contribution in [0.5, 0.6) is 5.75 Å². The number of rotatable bonds is 6. The van der Waals surface area contributed by atoms with E-state index in [4.69, 9.17) is 4.74 Å². The molecule has 2 aliphatic rings. The molecule has 2 amide bonds. The van der Waals surface area contributed by atoms with Gasteiger partial charge in [-0.2, -0.15) is 0 Å². The third-order valence-electron chi connectivity index (χ3n) is 5.73. The zero-order chi connectivity index (χ0) is 20.1. The van der Waals surface area contributed by atoms with Crippen molar-refractivity contribution in [3.63, 3.8) is 0 Å². The molecule has 3 rings (SSSR count). The molecule has 6 heteroatoms. The topological polar surface area (TPSA) is 70.1 Å². The Bertz CT molecular complexity index is 733. The number of nitrogens with zero attached hydrogens (tertiary/aromatic N) is 2. The molecule has 0 atom stereocenters. The van der Waals surface area contributed by atoms with E-state index < -0.39 is 0 Å². The monoisotopic (exact) mass is 386 g/mol. The summed E-state index contributed by atoms with van der Waals surface area (Å²) in [5, 5.41) is 9.37. The molecule has 28 heavy (non-hydrogen) atoms. The normalized spacial score (nSPS) is 19.0. The molecule has 1 heterocycles. The summed E-state index contributed by atoms with van der Waals surface area (Å²) in [7, 11) is 3.34. The summed E-state index contributed by atoms with van der Waals surface area (Å²) in [5.74, 6) is 0.237. The molecule has 1 aromatic carbocycles. The highest BCUT2D eigenvalue weighted by Crippen LogP contribution is 2.35. The van der Waals surface area contributed by atoms with Crippen molar-refractivity contribution in [3.8, 4) is 5.75 Å². The van der Waals surface area contributed by atoms with Crippen molar-refractivity contribution >= 4 is 17.4 Å². The Hall–Kier alpha value is -2.34. The molecule has 0 spiro atoms. The smallest absolute Gasteiger partial charge is 0.278 e. The minimum Gasteiger partial charge on any atom is -0.497 e. The van der Waals surface area contributed by atoms with Gasteiger partial charge in [-0.25, -0.2) is 0 Å². The summed E-state index contributed by atoms with van der Waals surface area (Å²) in [6.45, 7) is 0.216. The van der Waals surface area contributed by atoms with Crippen LogP contribution in [0, 0.1) is 0 Å². The molecule has 6 nitrogen and oxygen atoms in total. The Balaban J connectivity index is 1.98. The van der Waals surface area contributed by atoms with Gasteiger partial charge in [0.25, 0.3) is 11.8 Å². The molecule has 1 fully saturated rings. The van der Waals surface area contributed by atoms with Crippen LogP contribution in [-0.4, -0.2) is 60.1 Å². The summed E-state index contributed by atoms with van der Waals surface area (Å²) in [6, 6.07) is 7.17. The first kappa shape index (κ1) is 20.4. The van der Waals surface area contributed by atoms with Gasteiger partial charge in [0.05, 0.1) is 19.3 Å². The standard InChI is InChI=1S/C22H30N2O4/c1-23(14-15-25)20-19(16-10-12-18(28-2)13-11-16)21(26)24(22(20)27)17-8-6-4-3-5-7-9-17/h10-13,17,25H,3-9,14-15H2,1-2H3. The highest BCUT2D eigenvalue weighted by molar-refractivity contribution is 6.35. The van der Waals surface area contributed by atoms with Crippen molar-refractivity contribution in [2.24, 2.45) is 0 Å². The number of aliphatic hydroxyl groups is 1. The van der Waals surface area contributed by atoms with Crippen molar-refractivity contribution in [2.45, 2.75) is 51.0 Å². The van der Waals surface area contributed by atoms with Gasteiger partial charge in [-0.1, -0.05) is 44.2 Å². The lowest BCUT2D eigenvalue weighted by molar-refractivity contribution is -0.140. The van der Waals surface area contributed by atoms with E-state index in [1.807, 2.05) is 12.1 Å². The van der Waals surface area contributed by atoms with Gasteiger partial charge in [0.1, 0.15) is 11.4 Å². The maximum absolute atomic E-state index is 13.4. The lowest BCUT2D eigenvalue weighted by Crippen LogP contribution is -2.42. The fraction of sp³-hybridized carbons (Fsp3) is 0.545. The van der Waals surface area contributed by atoms with Crippen molar-refractivity contribution < 1.29 is 19.4 Å². The van der Waals surface area contributed by atoms with Gasteiger partial charge in [-0.15, -0.1) is 0 Å². The molecule has 1 aliphatic heterocycles. The summed E-state index contributed by atoms with van der Waals surface area (Å²) in [6.07, 6.45) is 7.36. The van der Waals surface area contributed by atoms with Crippen LogP contribution in [0.2, 0.25) is 0 Å². The zero-order valence-corrected chi connectivity index (χ0v) is 16.8. The quantitative estimate of drug-likeness (QED) is 0.762. The Morgan fingerprint density at radius 3 is 2.21 bits per heavy atom. The van der Waals surface area contributed by atoms with Crippen LogP contribution >= 0.6 is 0 Å². The Morgan fingerprint density at radius 2 is 1.64 bits per heavy atom. The molecular weight excluding hydrogens is 356 g/mol. The molecule has 1 aliphatic carbocycles. The van der Waals surface area contributed by atoms with Crippen molar-refractivity contribution in [3.05, 3.63) is 35.5 Å². The number of benzene rings is 1. The fourth-order valence-corrected chi connectivity index (χ4v) is 4.19. The first-order valence-corrected chi connectivity index (χ1v) is 10.2. The van der Waals surface area contributed by atoms with Crippen LogP contribution < -0.4 is 4.74 Å². The average molecular weight is 386 g/mol. The molecule has 0 unspecified atom stereocenters. The predicted molar refractivity (Wildman–Crippen MR) is 108 cm³/mol. The number of hydrogen-bond donors (Lipinski definition) is 1. The third-order valence-corrected chi connectivity index (χ3v) is 5.73. The second-order valence-electron chi connectivity index (χ2n) is 7.58. The van der Waals surface area contributed by atoms with E-state index >= 15 is 0 Å². The second kappa shape index (κ2) is 9.24. The number of methoxy groups -OCH3 is 1. The lowest BCUT2D eigenvalue weighted by Gasteiger charge is -2.29. The van der Waals surface area contributed by atoms with E-state index in [9.17, 15) is 14.7 Å². The van der Waals surface area contributed by atoms with Crippen LogP contribution in [0.3, 0.4) is 0 Å². The van der Waals surface area contributed by atoms with E-state index in [2.05, 4.69) is 0 Å². The summed E-state index contributed by atoms with van der Waals surface area (Å²) >= 11 is 0. The fourth-order valence-electron chi connectivity index (χ4n) is 4.19. The maximum Gasteiger partial charge on any atom is 0.278 e. The maximum atomic E-state index is 13.4. The van der Waals surface area contributed by atoms with Crippen LogP contribution in [0.1, 0.15) is 50.5 Å². The van der Waals surface area contributed by atoms with E-state index in [0.29, 0.717) is 29.1 Å². The number of ether oxygens (including phenoxy) is 1. The molecule has 0 aromatic heterocycles. The van der Waals surface area contributed by atoms with Gasteiger partial charge in [0.2, 0.25) is 0 Å². The van der Waals surface area contributed by atoms with Crippen LogP contribution in [0.15, 0.2) is 30.0 Å². The van der Waals surface area contributed by atoms with Crippen LogP contribution in [-0.2, 0) is 9.59 Å². The van der Waals surface area contributed by atoms with E-state index in [1.165, 1.54) is 11.3 Å².